The van der Waals surface area contributed by atoms with Gasteiger partial charge in [0.2, 0.25) is 0 Å². The first kappa shape index (κ1) is 14.7. The molecule has 1 heterocycles. The van der Waals surface area contributed by atoms with Crippen molar-refractivity contribution in [1.29, 1.82) is 0 Å². The average molecular weight is 310 g/mol. The Bertz CT molecular complexity index is 592. The third kappa shape index (κ3) is 2.90. The molecule has 2 rings (SSSR count). The van der Waals surface area contributed by atoms with Gasteiger partial charge in [-0.25, -0.2) is 17.2 Å². The Balaban J connectivity index is 2.39. The summed E-state index contributed by atoms with van der Waals surface area (Å²) < 4.78 is 50.2. The topological polar surface area (TPSA) is 60.2 Å². The van der Waals surface area contributed by atoms with Crippen LogP contribution in [0.4, 0.5) is 8.78 Å². The monoisotopic (exact) mass is 309 g/mol. The van der Waals surface area contributed by atoms with Crippen LogP contribution in [0.1, 0.15) is 30.9 Å². The van der Waals surface area contributed by atoms with Crippen molar-refractivity contribution in [3.63, 3.8) is 0 Å². The number of nitrogens with two attached hydrogens (primary N) is 1. The fraction of sp³-hybridized carbons (Fsp3) is 0.500. The summed E-state index contributed by atoms with van der Waals surface area (Å²) in [7, 11) is -3.31. The second-order valence-electron chi connectivity index (χ2n) is 4.71. The summed E-state index contributed by atoms with van der Waals surface area (Å²) in [6, 6.07) is 0.765. The van der Waals surface area contributed by atoms with Crippen molar-refractivity contribution >= 4 is 21.4 Å². The van der Waals surface area contributed by atoms with Crippen molar-refractivity contribution in [2.45, 2.75) is 30.6 Å². The zero-order valence-electron chi connectivity index (χ0n) is 10.1. The number of hydrogen-bond donors (Lipinski definition) is 1. The summed E-state index contributed by atoms with van der Waals surface area (Å²) in [6.07, 6.45) is 1.77. The van der Waals surface area contributed by atoms with Gasteiger partial charge >= 0.3 is 0 Å². The molecule has 3 nitrogen and oxygen atoms in total. The van der Waals surface area contributed by atoms with Crippen molar-refractivity contribution < 1.29 is 17.2 Å². The maximum absolute atomic E-state index is 13.2. The minimum atomic E-state index is -3.31. The maximum atomic E-state index is 13.2. The van der Waals surface area contributed by atoms with Gasteiger partial charge in [-0.15, -0.1) is 0 Å². The van der Waals surface area contributed by atoms with E-state index in [2.05, 4.69) is 0 Å². The molecule has 1 aliphatic rings. The summed E-state index contributed by atoms with van der Waals surface area (Å²) in [6.45, 7) is 0. The molecule has 7 heteroatoms. The van der Waals surface area contributed by atoms with Gasteiger partial charge in [-0.1, -0.05) is 18.0 Å². The Labute approximate surface area is 115 Å². The van der Waals surface area contributed by atoms with Crippen molar-refractivity contribution in [2.24, 2.45) is 5.73 Å². The average Bonchev–Trinajstić information content (AvgIpc) is 2.32. The highest BCUT2D eigenvalue weighted by Crippen LogP contribution is 2.33. The lowest BCUT2D eigenvalue weighted by molar-refractivity contribution is 0.491. The lowest BCUT2D eigenvalue weighted by Crippen LogP contribution is -2.38. The van der Waals surface area contributed by atoms with Gasteiger partial charge in [0, 0.05) is 11.1 Å². The smallest absolute Gasteiger partial charge is 0.160 e. The van der Waals surface area contributed by atoms with Crippen molar-refractivity contribution in [2.75, 3.05) is 5.75 Å². The lowest BCUT2D eigenvalue weighted by Gasteiger charge is -2.28. The highest BCUT2D eigenvalue weighted by Gasteiger charge is 2.35. The summed E-state index contributed by atoms with van der Waals surface area (Å²) in [4.78, 5) is 0. The Morgan fingerprint density at radius 3 is 2.53 bits per heavy atom. The van der Waals surface area contributed by atoms with Gasteiger partial charge in [0.15, 0.2) is 21.5 Å². The van der Waals surface area contributed by atoms with E-state index in [1.165, 1.54) is 0 Å². The summed E-state index contributed by atoms with van der Waals surface area (Å²) >= 11 is 5.83. The molecule has 0 aliphatic carbocycles. The first-order chi connectivity index (χ1) is 8.83. The van der Waals surface area contributed by atoms with Crippen LogP contribution in [0.5, 0.6) is 0 Å². The predicted molar refractivity (Wildman–Crippen MR) is 69.7 cm³/mol. The molecule has 1 aromatic rings. The van der Waals surface area contributed by atoms with Crippen LogP contribution in [-0.4, -0.2) is 19.4 Å². The zero-order chi connectivity index (χ0) is 14.2. The zero-order valence-corrected chi connectivity index (χ0v) is 11.6. The molecule has 0 aromatic heterocycles. The van der Waals surface area contributed by atoms with E-state index in [1.54, 1.807) is 0 Å². The molecular weight excluding hydrogens is 296 g/mol. The van der Waals surface area contributed by atoms with Gasteiger partial charge in [0.25, 0.3) is 0 Å². The van der Waals surface area contributed by atoms with E-state index in [1.807, 2.05) is 0 Å². The van der Waals surface area contributed by atoms with Crippen LogP contribution >= 0.6 is 11.6 Å². The first-order valence-corrected chi connectivity index (χ1v) is 8.04. The molecule has 0 radical (unpaired) electrons. The molecule has 106 valence electrons. The van der Waals surface area contributed by atoms with E-state index in [4.69, 9.17) is 17.3 Å². The summed E-state index contributed by atoms with van der Waals surface area (Å²) in [5, 5.41) is -0.837. The van der Waals surface area contributed by atoms with Gasteiger partial charge < -0.3 is 5.73 Å². The molecule has 0 spiro atoms. The van der Waals surface area contributed by atoms with Crippen LogP contribution in [0.2, 0.25) is 5.02 Å². The molecule has 1 saturated heterocycles. The van der Waals surface area contributed by atoms with Gasteiger partial charge in [-0.05, 0) is 30.5 Å². The molecule has 2 N–H and O–H groups in total. The van der Waals surface area contributed by atoms with Gasteiger partial charge in [0.1, 0.15) is 0 Å². The van der Waals surface area contributed by atoms with E-state index >= 15 is 0 Å². The van der Waals surface area contributed by atoms with Crippen LogP contribution in [-0.2, 0) is 9.84 Å². The minimum absolute atomic E-state index is 0.0489. The van der Waals surface area contributed by atoms with Crippen LogP contribution in [0.15, 0.2) is 12.1 Å². The highest BCUT2D eigenvalue weighted by molar-refractivity contribution is 7.92. The Hall–Kier alpha value is -0.720. The summed E-state index contributed by atoms with van der Waals surface area (Å²) in [5.74, 6) is -2.08. The van der Waals surface area contributed by atoms with Crippen LogP contribution in [0, 0.1) is 11.6 Å². The van der Waals surface area contributed by atoms with Gasteiger partial charge in [0.05, 0.1) is 11.0 Å². The van der Waals surface area contributed by atoms with Crippen LogP contribution in [0.25, 0.3) is 0 Å². The second-order valence-corrected chi connectivity index (χ2v) is 7.46. The fourth-order valence-electron chi connectivity index (χ4n) is 2.38. The molecular formula is C12H14ClF2NO2S. The van der Waals surface area contributed by atoms with E-state index in [9.17, 15) is 17.2 Å². The second kappa shape index (κ2) is 5.34. The number of halogens is 3. The molecule has 2 atom stereocenters. The normalized spacial score (nSPS) is 24.1. The molecule has 1 fully saturated rings. The standard InChI is InChI=1S/C12H14ClF2NO2S/c13-8-6-10(15)9(14)5-7(8)12(16)11-3-1-2-4-19(11,17)18/h5-6,11-12H,1-4,16H2. The minimum Gasteiger partial charge on any atom is -0.323 e. The molecule has 0 saturated carbocycles. The number of hydrogen-bond acceptors (Lipinski definition) is 3. The van der Waals surface area contributed by atoms with E-state index in [0.717, 1.165) is 18.6 Å². The third-order valence-corrected chi connectivity index (χ3v) is 6.06. The number of rotatable bonds is 2. The number of benzene rings is 1. The summed E-state index contributed by atoms with van der Waals surface area (Å²) in [5.41, 5.74) is 6.05. The molecule has 0 bridgehead atoms. The number of sulfone groups is 1. The molecule has 19 heavy (non-hydrogen) atoms. The lowest BCUT2D eigenvalue weighted by atomic mass is 10.00. The molecule has 1 aromatic carbocycles. The molecule has 1 aliphatic heterocycles. The van der Waals surface area contributed by atoms with E-state index in [0.29, 0.717) is 12.8 Å². The van der Waals surface area contributed by atoms with E-state index in [-0.39, 0.29) is 16.3 Å². The van der Waals surface area contributed by atoms with Crippen molar-refractivity contribution in [3.8, 4) is 0 Å². The van der Waals surface area contributed by atoms with Gasteiger partial charge in [-0.3, -0.25) is 0 Å². The SMILES string of the molecule is NC(c1cc(F)c(F)cc1Cl)C1CCCCS1(=O)=O. The maximum Gasteiger partial charge on any atom is 0.160 e. The first-order valence-electron chi connectivity index (χ1n) is 5.94. The van der Waals surface area contributed by atoms with Gasteiger partial charge in [-0.2, -0.15) is 0 Å². The molecule has 2 unspecified atom stereocenters. The van der Waals surface area contributed by atoms with E-state index < -0.39 is 32.8 Å². The van der Waals surface area contributed by atoms with Crippen molar-refractivity contribution in [1.82, 2.24) is 0 Å². The Morgan fingerprint density at radius 1 is 1.26 bits per heavy atom. The highest BCUT2D eigenvalue weighted by atomic mass is 35.5. The Morgan fingerprint density at radius 2 is 1.89 bits per heavy atom. The largest absolute Gasteiger partial charge is 0.323 e. The Kier molecular flexibility index (Phi) is 4.13. The predicted octanol–water partition coefficient (Wildman–Crippen LogP) is 2.59. The van der Waals surface area contributed by atoms with Crippen molar-refractivity contribution in [3.05, 3.63) is 34.4 Å². The fourth-order valence-corrected chi connectivity index (χ4v) is 4.68. The van der Waals surface area contributed by atoms with Crippen LogP contribution in [0.3, 0.4) is 0 Å². The van der Waals surface area contributed by atoms with Crippen LogP contribution < -0.4 is 5.73 Å². The molecule has 0 amide bonds. The quantitative estimate of drug-likeness (QED) is 0.854. The third-order valence-electron chi connectivity index (χ3n) is 3.43.